The highest BCUT2D eigenvalue weighted by Crippen LogP contribution is 2.29. The van der Waals surface area contributed by atoms with Crippen molar-refractivity contribution in [3.8, 4) is 0 Å². The van der Waals surface area contributed by atoms with Crippen molar-refractivity contribution in [2.45, 2.75) is 64.0 Å². The smallest absolute Gasteiger partial charge is 0.326 e. The van der Waals surface area contributed by atoms with Crippen molar-refractivity contribution in [3.63, 3.8) is 0 Å². The van der Waals surface area contributed by atoms with Gasteiger partial charge < -0.3 is 10.1 Å². The standard InChI is InChI=1S/C15H28N2O2/c1-3-19-14(18)15(9-10-16-11-12(15)2)17-13-7-5-4-6-8-13/h12-13,16-17H,3-11H2,1-2H3. The SMILES string of the molecule is CCOC(=O)C1(NC2CCCCC2)CCNCC1C. The molecule has 0 bridgehead atoms. The lowest BCUT2D eigenvalue weighted by Crippen LogP contribution is -2.65. The minimum absolute atomic E-state index is 0.0467. The molecule has 1 saturated heterocycles. The number of piperidine rings is 1. The van der Waals surface area contributed by atoms with Gasteiger partial charge in [0.1, 0.15) is 5.54 Å². The van der Waals surface area contributed by atoms with Gasteiger partial charge in [-0.15, -0.1) is 0 Å². The van der Waals surface area contributed by atoms with E-state index in [1.807, 2.05) is 6.92 Å². The number of ether oxygens (including phenoxy) is 1. The molecule has 4 nitrogen and oxygen atoms in total. The molecule has 0 amide bonds. The zero-order valence-corrected chi connectivity index (χ0v) is 12.3. The largest absolute Gasteiger partial charge is 0.465 e. The van der Waals surface area contributed by atoms with Crippen molar-refractivity contribution >= 4 is 5.97 Å². The molecule has 0 aromatic rings. The Kier molecular flexibility index (Phi) is 5.22. The van der Waals surface area contributed by atoms with Crippen molar-refractivity contribution in [3.05, 3.63) is 0 Å². The average Bonchev–Trinajstić information content (AvgIpc) is 2.43. The highest BCUT2D eigenvalue weighted by Gasteiger charge is 2.47. The first-order valence-corrected chi connectivity index (χ1v) is 7.84. The van der Waals surface area contributed by atoms with Gasteiger partial charge in [0.05, 0.1) is 6.61 Å². The van der Waals surface area contributed by atoms with Gasteiger partial charge in [0.2, 0.25) is 0 Å². The maximum atomic E-state index is 12.5. The van der Waals surface area contributed by atoms with Crippen molar-refractivity contribution in [2.75, 3.05) is 19.7 Å². The van der Waals surface area contributed by atoms with Crippen molar-refractivity contribution in [2.24, 2.45) is 5.92 Å². The summed E-state index contributed by atoms with van der Waals surface area (Å²) in [5, 5.41) is 7.07. The van der Waals surface area contributed by atoms with Crippen LogP contribution in [0, 0.1) is 5.92 Å². The number of esters is 1. The Morgan fingerprint density at radius 1 is 1.37 bits per heavy atom. The van der Waals surface area contributed by atoms with Gasteiger partial charge in [-0.05, 0) is 38.6 Å². The Morgan fingerprint density at radius 3 is 2.74 bits per heavy atom. The van der Waals surface area contributed by atoms with Gasteiger partial charge in [0, 0.05) is 12.6 Å². The predicted molar refractivity (Wildman–Crippen MR) is 76.0 cm³/mol. The second-order valence-corrected chi connectivity index (χ2v) is 6.03. The van der Waals surface area contributed by atoms with Crippen LogP contribution in [0.2, 0.25) is 0 Å². The third-order valence-electron chi connectivity index (χ3n) is 4.69. The monoisotopic (exact) mass is 268 g/mol. The quantitative estimate of drug-likeness (QED) is 0.764. The van der Waals surface area contributed by atoms with E-state index in [4.69, 9.17) is 4.74 Å². The van der Waals surface area contributed by atoms with E-state index in [1.54, 1.807) is 0 Å². The van der Waals surface area contributed by atoms with E-state index in [0.717, 1.165) is 19.5 Å². The van der Waals surface area contributed by atoms with Gasteiger partial charge in [-0.3, -0.25) is 10.1 Å². The highest BCUT2D eigenvalue weighted by atomic mass is 16.5. The van der Waals surface area contributed by atoms with Crippen molar-refractivity contribution in [1.82, 2.24) is 10.6 Å². The third-order valence-corrected chi connectivity index (χ3v) is 4.69. The van der Waals surface area contributed by atoms with Crippen LogP contribution in [0.3, 0.4) is 0 Å². The lowest BCUT2D eigenvalue weighted by Gasteiger charge is -2.44. The molecule has 19 heavy (non-hydrogen) atoms. The van der Waals surface area contributed by atoms with Gasteiger partial charge in [0.25, 0.3) is 0 Å². The second kappa shape index (κ2) is 6.71. The zero-order chi connectivity index (χ0) is 13.7. The maximum Gasteiger partial charge on any atom is 0.326 e. The number of nitrogens with one attached hydrogen (secondary N) is 2. The molecule has 1 heterocycles. The molecule has 1 saturated carbocycles. The molecule has 2 aliphatic rings. The Balaban J connectivity index is 2.10. The number of carbonyl (C=O) groups is 1. The van der Waals surface area contributed by atoms with Crippen LogP contribution in [0.25, 0.3) is 0 Å². The molecule has 2 rings (SSSR count). The summed E-state index contributed by atoms with van der Waals surface area (Å²) in [4.78, 5) is 12.5. The van der Waals surface area contributed by atoms with Crippen LogP contribution in [0.5, 0.6) is 0 Å². The Morgan fingerprint density at radius 2 is 2.11 bits per heavy atom. The van der Waals surface area contributed by atoms with Crippen LogP contribution >= 0.6 is 0 Å². The first-order chi connectivity index (χ1) is 9.19. The van der Waals surface area contributed by atoms with E-state index < -0.39 is 5.54 Å². The van der Waals surface area contributed by atoms with Crippen LogP contribution in [0.15, 0.2) is 0 Å². The number of hydrogen-bond donors (Lipinski definition) is 2. The lowest BCUT2D eigenvalue weighted by atomic mass is 9.77. The molecular formula is C15H28N2O2. The van der Waals surface area contributed by atoms with E-state index >= 15 is 0 Å². The molecule has 2 unspecified atom stereocenters. The summed E-state index contributed by atoms with van der Waals surface area (Å²) in [7, 11) is 0. The highest BCUT2D eigenvalue weighted by molar-refractivity contribution is 5.81. The molecule has 0 spiro atoms. The van der Waals surface area contributed by atoms with E-state index in [2.05, 4.69) is 17.6 Å². The molecule has 2 fully saturated rings. The van der Waals surface area contributed by atoms with Gasteiger partial charge in [-0.2, -0.15) is 0 Å². The van der Waals surface area contributed by atoms with Crippen molar-refractivity contribution in [1.29, 1.82) is 0 Å². The Bertz CT molecular complexity index is 303. The summed E-state index contributed by atoms with van der Waals surface area (Å²) in [6, 6.07) is 0.485. The molecular weight excluding hydrogens is 240 g/mol. The number of hydrogen-bond acceptors (Lipinski definition) is 4. The van der Waals surface area contributed by atoms with Crippen LogP contribution in [0.1, 0.15) is 52.4 Å². The van der Waals surface area contributed by atoms with E-state index in [1.165, 1.54) is 32.1 Å². The first-order valence-electron chi connectivity index (χ1n) is 7.84. The van der Waals surface area contributed by atoms with Gasteiger partial charge in [0.15, 0.2) is 0 Å². The lowest BCUT2D eigenvalue weighted by molar-refractivity contribution is -0.155. The fraction of sp³-hybridized carbons (Fsp3) is 0.933. The predicted octanol–water partition coefficient (Wildman–Crippen LogP) is 1.84. The molecule has 0 radical (unpaired) electrons. The molecule has 0 aromatic heterocycles. The molecule has 110 valence electrons. The van der Waals surface area contributed by atoms with Crippen LogP contribution in [-0.2, 0) is 9.53 Å². The first kappa shape index (κ1) is 14.8. The van der Waals surface area contributed by atoms with Crippen LogP contribution in [-0.4, -0.2) is 37.2 Å². The van der Waals surface area contributed by atoms with E-state index in [9.17, 15) is 4.79 Å². The summed E-state index contributed by atoms with van der Waals surface area (Å²) < 4.78 is 5.37. The van der Waals surface area contributed by atoms with Gasteiger partial charge in [-0.1, -0.05) is 26.2 Å². The normalized spacial score (nSPS) is 33.1. The fourth-order valence-corrected chi connectivity index (χ4v) is 3.47. The van der Waals surface area contributed by atoms with E-state index in [0.29, 0.717) is 12.6 Å². The maximum absolute atomic E-state index is 12.5. The average molecular weight is 268 g/mol. The van der Waals surface area contributed by atoms with Crippen LogP contribution in [0.4, 0.5) is 0 Å². The second-order valence-electron chi connectivity index (χ2n) is 6.03. The summed E-state index contributed by atoms with van der Waals surface area (Å²) in [5.74, 6) is 0.233. The molecule has 4 heteroatoms. The minimum atomic E-state index is -0.469. The molecule has 2 N–H and O–H groups in total. The zero-order valence-electron chi connectivity index (χ0n) is 12.3. The van der Waals surface area contributed by atoms with Gasteiger partial charge in [-0.25, -0.2) is 0 Å². The van der Waals surface area contributed by atoms with Crippen LogP contribution < -0.4 is 10.6 Å². The topological polar surface area (TPSA) is 50.4 Å². The van der Waals surface area contributed by atoms with E-state index in [-0.39, 0.29) is 11.9 Å². The third kappa shape index (κ3) is 3.29. The van der Waals surface area contributed by atoms with Gasteiger partial charge >= 0.3 is 5.97 Å². The molecule has 2 atom stereocenters. The Labute approximate surface area is 116 Å². The summed E-state index contributed by atoms with van der Waals surface area (Å²) in [6.45, 7) is 6.28. The van der Waals surface area contributed by atoms with Crippen molar-refractivity contribution < 1.29 is 9.53 Å². The fourth-order valence-electron chi connectivity index (χ4n) is 3.47. The number of rotatable bonds is 4. The number of carbonyl (C=O) groups excluding carboxylic acids is 1. The Hall–Kier alpha value is -0.610. The summed E-state index contributed by atoms with van der Waals surface area (Å²) >= 11 is 0. The molecule has 0 aromatic carbocycles. The summed E-state index contributed by atoms with van der Waals surface area (Å²) in [6.07, 6.45) is 7.13. The minimum Gasteiger partial charge on any atom is -0.465 e. The molecule has 1 aliphatic heterocycles. The molecule has 1 aliphatic carbocycles. The summed E-state index contributed by atoms with van der Waals surface area (Å²) in [5.41, 5.74) is -0.469.